The van der Waals surface area contributed by atoms with Gasteiger partial charge >= 0.3 is 0 Å². The maximum atomic E-state index is 5.68. The lowest BCUT2D eigenvalue weighted by molar-refractivity contribution is 0.416. The topological polar surface area (TPSA) is 51.8 Å². The molecule has 76 valence electrons. The zero-order valence-electron chi connectivity index (χ0n) is 9.09. The standard InChI is InChI=1S/C11H17N3/c1-7-8-5-4-6-11(2,3)9(8)14-10(12)13-7/h4-6H2,1-3H3,(H2,12,13,14). The summed E-state index contributed by atoms with van der Waals surface area (Å²) in [5.74, 6) is 0.413. The minimum absolute atomic E-state index is 0.162. The summed E-state index contributed by atoms with van der Waals surface area (Å²) in [5.41, 5.74) is 9.38. The van der Waals surface area contributed by atoms with Gasteiger partial charge in [-0.1, -0.05) is 13.8 Å². The van der Waals surface area contributed by atoms with Crippen LogP contribution in [0.15, 0.2) is 0 Å². The monoisotopic (exact) mass is 191 g/mol. The SMILES string of the molecule is Cc1nc(N)nc2c1CCCC2(C)C. The lowest BCUT2D eigenvalue weighted by Crippen LogP contribution is -2.27. The molecule has 1 aromatic heterocycles. The largest absolute Gasteiger partial charge is 0.368 e. The van der Waals surface area contributed by atoms with Gasteiger partial charge in [0, 0.05) is 11.1 Å². The molecule has 3 heteroatoms. The van der Waals surface area contributed by atoms with E-state index >= 15 is 0 Å². The lowest BCUT2D eigenvalue weighted by atomic mass is 9.75. The molecule has 2 N–H and O–H groups in total. The third kappa shape index (κ3) is 1.37. The van der Waals surface area contributed by atoms with E-state index < -0.39 is 0 Å². The number of fused-ring (bicyclic) bond motifs is 1. The number of aryl methyl sites for hydroxylation is 1. The highest BCUT2D eigenvalue weighted by Crippen LogP contribution is 2.36. The number of anilines is 1. The van der Waals surface area contributed by atoms with Crippen LogP contribution in [0, 0.1) is 6.92 Å². The Hall–Kier alpha value is -1.12. The van der Waals surface area contributed by atoms with Gasteiger partial charge in [0.1, 0.15) is 0 Å². The average molecular weight is 191 g/mol. The molecule has 1 aliphatic rings. The third-order valence-corrected chi connectivity index (χ3v) is 3.10. The summed E-state index contributed by atoms with van der Waals surface area (Å²) in [6, 6.07) is 0. The molecule has 0 aliphatic heterocycles. The van der Waals surface area contributed by atoms with Crippen LogP contribution >= 0.6 is 0 Å². The summed E-state index contributed by atoms with van der Waals surface area (Å²) in [6.07, 6.45) is 3.52. The van der Waals surface area contributed by atoms with Crippen LogP contribution in [0.1, 0.15) is 43.6 Å². The van der Waals surface area contributed by atoms with Gasteiger partial charge in [0.15, 0.2) is 0 Å². The summed E-state index contributed by atoms with van der Waals surface area (Å²) < 4.78 is 0. The first kappa shape index (κ1) is 9.44. The Morgan fingerprint density at radius 1 is 1.29 bits per heavy atom. The molecule has 3 nitrogen and oxygen atoms in total. The molecule has 0 radical (unpaired) electrons. The first-order chi connectivity index (χ1) is 6.50. The molecule has 0 fully saturated rings. The predicted octanol–water partition coefficient (Wildman–Crippen LogP) is 1.98. The van der Waals surface area contributed by atoms with E-state index in [-0.39, 0.29) is 5.41 Å². The van der Waals surface area contributed by atoms with Gasteiger partial charge in [-0.05, 0) is 31.7 Å². The van der Waals surface area contributed by atoms with E-state index in [0.717, 1.165) is 17.8 Å². The van der Waals surface area contributed by atoms with E-state index in [1.807, 2.05) is 6.92 Å². The molecule has 0 atom stereocenters. The van der Waals surface area contributed by atoms with E-state index in [4.69, 9.17) is 5.73 Å². The molecule has 0 aromatic carbocycles. The van der Waals surface area contributed by atoms with Gasteiger partial charge < -0.3 is 5.73 Å². The van der Waals surface area contributed by atoms with Crippen molar-refractivity contribution >= 4 is 5.95 Å². The normalized spacial score (nSPS) is 19.1. The molecule has 0 spiro atoms. The zero-order valence-corrected chi connectivity index (χ0v) is 9.09. The number of hydrogen-bond donors (Lipinski definition) is 1. The Morgan fingerprint density at radius 2 is 2.00 bits per heavy atom. The summed E-state index contributed by atoms with van der Waals surface area (Å²) >= 11 is 0. The molecule has 2 rings (SSSR count). The van der Waals surface area contributed by atoms with Gasteiger partial charge in [0.25, 0.3) is 0 Å². The molecular weight excluding hydrogens is 174 g/mol. The molecule has 0 unspecified atom stereocenters. The minimum Gasteiger partial charge on any atom is -0.368 e. The fourth-order valence-corrected chi connectivity index (χ4v) is 2.30. The van der Waals surface area contributed by atoms with Gasteiger partial charge in [-0.2, -0.15) is 0 Å². The van der Waals surface area contributed by atoms with Crippen molar-refractivity contribution in [1.82, 2.24) is 9.97 Å². The molecule has 0 saturated carbocycles. The Balaban J connectivity index is 2.63. The molecular formula is C11H17N3. The number of nitrogen functional groups attached to an aromatic ring is 1. The fraction of sp³-hybridized carbons (Fsp3) is 0.636. The van der Waals surface area contributed by atoms with Crippen molar-refractivity contribution in [3.63, 3.8) is 0 Å². The predicted molar refractivity (Wildman–Crippen MR) is 57.1 cm³/mol. The van der Waals surface area contributed by atoms with Crippen LogP contribution in [0.4, 0.5) is 5.95 Å². The average Bonchev–Trinajstić information content (AvgIpc) is 2.06. The van der Waals surface area contributed by atoms with Gasteiger partial charge in [-0.3, -0.25) is 0 Å². The van der Waals surface area contributed by atoms with Crippen LogP contribution in [0.2, 0.25) is 0 Å². The number of aromatic nitrogens is 2. The van der Waals surface area contributed by atoms with E-state index in [1.165, 1.54) is 18.4 Å². The van der Waals surface area contributed by atoms with Crippen LogP contribution in [0.25, 0.3) is 0 Å². The van der Waals surface area contributed by atoms with E-state index in [0.29, 0.717) is 5.95 Å². The highest BCUT2D eigenvalue weighted by atomic mass is 15.0. The molecule has 1 aromatic rings. The van der Waals surface area contributed by atoms with Crippen LogP contribution < -0.4 is 5.73 Å². The van der Waals surface area contributed by atoms with Crippen molar-refractivity contribution in [3.8, 4) is 0 Å². The number of hydrogen-bond acceptors (Lipinski definition) is 3. The number of nitrogens with two attached hydrogens (primary N) is 1. The molecule has 0 amide bonds. The molecule has 0 saturated heterocycles. The lowest BCUT2D eigenvalue weighted by Gasteiger charge is -2.31. The minimum atomic E-state index is 0.162. The maximum absolute atomic E-state index is 5.68. The van der Waals surface area contributed by atoms with Crippen molar-refractivity contribution in [3.05, 3.63) is 17.0 Å². The van der Waals surface area contributed by atoms with Crippen molar-refractivity contribution in [1.29, 1.82) is 0 Å². The quantitative estimate of drug-likeness (QED) is 0.682. The summed E-state index contributed by atoms with van der Waals surface area (Å²) in [5, 5.41) is 0. The Labute approximate surface area is 84.8 Å². The van der Waals surface area contributed by atoms with Gasteiger partial charge in [-0.25, -0.2) is 9.97 Å². The number of rotatable bonds is 0. The van der Waals surface area contributed by atoms with E-state index in [2.05, 4.69) is 23.8 Å². The van der Waals surface area contributed by atoms with Crippen LogP contribution in [0.3, 0.4) is 0 Å². The van der Waals surface area contributed by atoms with Gasteiger partial charge in [0.2, 0.25) is 5.95 Å². The summed E-state index contributed by atoms with van der Waals surface area (Å²) in [6.45, 7) is 6.49. The van der Waals surface area contributed by atoms with E-state index in [1.54, 1.807) is 0 Å². The Bertz CT molecular complexity index is 369. The Kier molecular flexibility index (Phi) is 1.98. The molecule has 0 bridgehead atoms. The Morgan fingerprint density at radius 3 is 2.71 bits per heavy atom. The zero-order chi connectivity index (χ0) is 10.3. The molecule has 1 heterocycles. The summed E-state index contributed by atoms with van der Waals surface area (Å²) in [4.78, 5) is 8.61. The second-order valence-corrected chi connectivity index (χ2v) is 4.73. The molecule has 1 aliphatic carbocycles. The highest BCUT2D eigenvalue weighted by Gasteiger charge is 2.30. The van der Waals surface area contributed by atoms with Crippen molar-refractivity contribution in [2.45, 2.75) is 45.4 Å². The smallest absolute Gasteiger partial charge is 0.220 e. The van der Waals surface area contributed by atoms with E-state index in [9.17, 15) is 0 Å². The van der Waals surface area contributed by atoms with Crippen LogP contribution in [-0.4, -0.2) is 9.97 Å². The fourth-order valence-electron chi connectivity index (χ4n) is 2.30. The molecule has 14 heavy (non-hydrogen) atoms. The third-order valence-electron chi connectivity index (χ3n) is 3.10. The second kappa shape index (κ2) is 2.94. The van der Waals surface area contributed by atoms with Gasteiger partial charge in [0.05, 0.1) is 5.69 Å². The van der Waals surface area contributed by atoms with Gasteiger partial charge in [-0.15, -0.1) is 0 Å². The van der Waals surface area contributed by atoms with Crippen LogP contribution in [0.5, 0.6) is 0 Å². The maximum Gasteiger partial charge on any atom is 0.220 e. The second-order valence-electron chi connectivity index (χ2n) is 4.73. The van der Waals surface area contributed by atoms with Crippen molar-refractivity contribution in [2.24, 2.45) is 0 Å². The first-order valence-electron chi connectivity index (χ1n) is 5.14. The van der Waals surface area contributed by atoms with Crippen LogP contribution in [-0.2, 0) is 11.8 Å². The highest BCUT2D eigenvalue weighted by molar-refractivity contribution is 5.37. The number of nitrogens with zero attached hydrogens (tertiary/aromatic N) is 2. The van der Waals surface area contributed by atoms with Crippen molar-refractivity contribution in [2.75, 3.05) is 5.73 Å². The first-order valence-corrected chi connectivity index (χ1v) is 5.14. The summed E-state index contributed by atoms with van der Waals surface area (Å²) in [7, 11) is 0. The van der Waals surface area contributed by atoms with Crippen molar-refractivity contribution < 1.29 is 0 Å².